The lowest BCUT2D eigenvalue weighted by Crippen LogP contribution is -2.24. The van der Waals surface area contributed by atoms with Gasteiger partial charge in [0.1, 0.15) is 12.2 Å². The second-order valence-electron chi connectivity index (χ2n) is 2.94. The number of nitrogens with two attached hydrogens (primary N) is 1. The van der Waals surface area contributed by atoms with Gasteiger partial charge in [-0.25, -0.2) is 0 Å². The molecule has 2 heterocycles. The molecule has 1 aliphatic heterocycles. The van der Waals surface area contributed by atoms with E-state index in [0.29, 0.717) is 12.6 Å². The fraction of sp³-hybridized carbons (Fsp3) is 0.714. The minimum atomic E-state index is 0.439. The van der Waals surface area contributed by atoms with E-state index >= 15 is 0 Å². The summed E-state index contributed by atoms with van der Waals surface area (Å²) < 4.78 is 2.10. The molecule has 0 aliphatic carbocycles. The van der Waals surface area contributed by atoms with E-state index in [1.807, 2.05) is 0 Å². The van der Waals surface area contributed by atoms with Crippen LogP contribution in [-0.2, 0) is 6.42 Å². The standard InChI is InChI=1S/C7H12N4/c8-4-6-2-1-3-7-10-9-5-11(6)7/h5-6H,1-4,8H2. The molecule has 60 valence electrons. The molecule has 0 saturated heterocycles. The zero-order valence-corrected chi connectivity index (χ0v) is 6.40. The summed E-state index contributed by atoms with van der Waals surface area (Å²) in [5.41, 5.74) is 5.60. The highest BCUT2D eigenvalue weighted by atomic mass is 15.3. The second-order valence-corrected chi connectivity index (χ2v) is 2.94. The smallest absolute Gasteiger partial charge is 0.133 e. The number of aromatic nitrogens is 3. The SMILES string of the molecule is NCC1CCCc2nncn21. The lowest BCUT2D eigenvalue weighted by atomic mass is 10.1. The molecule has 0 aromatic carbocycles. The van der Waals surface area contributed by atoms with Crippen LogP contribution in [0.2, 0.25) is 0 Å². The molecular formula is C7H12N4. The number of fused-ring (bicyclic) bond motifs is 1. The van der Waals surface area contributed by atoms with Gasteiger partial charge in [0.15, 0.2) is 0 Å². The van der Waals surface area contributed by atoms with E-state index < -0.39 is 0 Å². The third kappa shape index (κ3) is 1.03. The van der Waals surface area contributed by atoms with Crippen LogP contribution in [0.1, 0.15) is 24.7 Å². The van der Waals surface area contributed by atoms with Crippen molar-refractivity contribution >= 4 is 0 Å². The van der Waals surface area contributed by atoms with Crippen LogP contribution in [0.4, 0.5) is 0 Å². The third-order valence-electron chi connectivity index (χ3n) is 2.25. The van der Waals surface area contributed by atoms with Crippen LogP contribution in [0.25, 0.3) is 0 Å². The molecule has 2 rings (SSSR count). The van der Waals surface area contributed by atoms with Crippen molar-refractivity contribution in [2.45, 2.75) is 25.3 Å². The van der Waals surface area contributed by atoms with Crippen molar-refractivity contribution in [3.8, 4) is 0 Å². The van der Waals surface area contributed by atoms with E-state index in [1.165, 1.54) is 12.8 Å². The summed E-state index contributed by atoms with van der Waals surface area (Å²) in [7, 11) is 0. The van der Waals surface area contributed by atoms with E-state index in [4.69, 9.17) is 5.73 Å². The van der Waals surface area contributed by atoms with E-state index in [1.54, 1.807) is 6.33 Å². The Morgan fingerprint density at radius 2 is 2.64 bits per heavy atom. The Morgan fingerprint density at radius 1 is 1.73 bits per heavy atom. The molecule has 4 heteroatoms. The van der Waals surface area contributed by atoms with Gasteiger partial charge in [0.2, 0.25) is 0 Å². The summed E-state index contributed by atoms with van der Waals surface area (Å²) in [6.07, 6.45) is 5.20. The van der Waals surface area contributed by atoms with Crippen LogP contribution in [0.3, 0.4) is 0 Å². The predicted octanol–water partition coefficient (Wildman–Crippen LogP) is 0.114. The van der Waals surface area contributed by atoms with Crippen LogP contribution in [-0.4, -0.2) is 21.3 Å². The van der Waals surface area contributed by atoms with Gasteiger partial charge in [0.05, 0.1) is 0 Å². The highest BCUT2D eigenvalue weighted by Crippen LogP contribution is 2.21. The van der Waals surface area contributed by atoms with E-state index in [2.05, 4.69) is 14.8 Å². The molecule has 11 heavy (non-hydrogen) atoms. The van der Waals surface area contributed by atoms with Gasteiger partial charge in [0, 0.05) is 19.0 Å². The van der Waals surface area contributed by atoms with Gasteiger partial charge in [-0.2, -0.15) is 0 Å². The van der Waals surface area contributed by atoms with Crippen molar-refractivity contribution in [3.63, 3.8) is 0 Å². The van der Waals surface area contributed by atoms with Crippen molar-refractivity contribution in [2.75, 3.05) is 6.54 Å². The summed E-state index contributed by atoms with van der Waals surface area (Å²) >= 11 is 0. The van der Waals surface area contributed by atoms with Crippen molar-refractivity contribution < 1.29 is 0 Å². The molecular weight excluding hydrogens is 140 g/mol. The zero-order chi connectivity index (χ0) is 7.68. The molecule has 0 amide bonds. The summed E-state index contributed by atoms with van der Waals surface area (Å²) in [6.45, 7) is 0.699. The van der Waals surface area contributed by atoms with Gasteiger partial charge in [-0.05, 0) is 12.8 Å². The molecule has 1 atom stereocenters. The molecule has 0 spiro atoms. The third-order valence-corrected chi connectivity index (χ3v) is 2.25. The molecule has 4 nitrogen and oxygen atoms in total. The second kappa shape index (κ2) is 2.62. The average molecular weight is 152 g/mol. The molecule has 1 aromatic rings. The number of hydrogen-bond donors (Lipinski definition) is 1. The van der Waals surface area contributed by atoms with E-state index in [-0.39, 0.29) is 0 Å². The van der Waals surface area contributed by atoms with Crippen molar-refractivity contribution in [1.29, 1.82) is 0 Å². The van der Waals surface area contributed by atoms with Gasteiger partial charge in [-0.15, -0.1) is 10.2 Å². The highest BCUT2D eigenvalue weighted by molar-refractivity contribution is 4.94. The predicted molar refractivity (Wildman–Crippen MR) is 41.1 cm³/mol. The minimum Gasteiger partial charge on any atom is -0.328 e. The van der Waals surface area contributed by atoms with E-state index in [0.717, 1.165) is 12.2 Å². The lowest BCUT2D eigenvalue weighted by molar-refractivity contribution is 0.404. The first-order valence-electron chi connectivity index (χ1n) is 4.00. The number of aryl methyl sites for hydroxylation is 1. The first kappa shape index (κ1) is 6.79. The topological polar surface area (TPSA) is 56.7 Å². The summed E-state index contributed by atoms with van der Waals surface area (Å²) in [5, 5.41) is 7.87. The maximum absolute atomic E-state index is 5.60. The Labute approximate surface area is 65.4 Å². The van der Waals surface area contributed by atoms with E-state index in [9.17, 15) is 0 Å². The summed E-state index contributed by atoms with van der Waals surface area (Å²) in [6, 6.07) is 0.439. The maximum atomic E-state index is 5.60. The van der Waals surface area contributed by atoms with Crippen LogP contribution < -0.4 is 5.73 Å². The highest BCUT2D eigenvalue weighted by Gasteiger charge is 2.18. The van der Waals surface area contributed by atoms with Gasteiger partial charge in [-0.3, -0.25) is 0 Å². The fourth-order valence-electron chi connectivity index (χ4n) is 1.62. The normalized spacial score (nSPS) is 23.2. The summed E-state index contributed by atoms with van der Waals surface area (Å²) in [5.74, 6) is 1.09. The number of nitrogens with zero attached hydrogens (tertiary/aromatic N) is 3. The Hall–Kier alpha value is -0.900. The van der Waals surface area contributed by atoms with Crippen molar-refractivity contribution in [2.24, 2.45) is 5.73 Å². The molecule has 0 saturated carbocycles. The fourth-order valence-corrected chi connectivity index (χ4v) is 1.62. The maximum Gasteiger partial charge on any atom is 0.133 e. The quantitative estimate of drug-likeness (QED) is 0.621. The average Bonchev–Trinajstić information content (AvgIpc) is 2.50. The Balaban J connectivity index is 2.32. The number of rotatable bonds is 1. The van der Waals surface area contributed by atoms with Crippen molar-refractivity contribution in [3.05, 3.63) is 12.2 Å². The van der Waals surface area contributed by atoms with Crippen LogP contribution >= 0.6 is 0 Å². The molecule has 0 radical (unpaired) electrons. The largest absolute Gasteiger partial charge is 0.328 e. The van der Waals surface area contributed by atoms with Gasteiger partial charge < -0.3 is 10.3 Å². The monoisotopic (exact) mass is 152 g/mol. The molecule has 1 aliphatic rings. The lowest BCUT2D eigenvalue weighted by Gasteiger charge is -2.22. The molecule has 2 N–H and O–H groups in total. The number of hydrogen-bond acceptors (Lipinski definition) is 3. The van der Waals surface area contributed by atoms with Crippen molar-refractivity contribution in [1.82, 2.24) is 14.8 Å². The molecule has 0 fully saturated rings. The van der Waals surface area contributed by atoms with Gasteiger partial charge in [0.25, 0.3) is 0 Å². The first-order chi connectivity index (χ1) is 5.42. The summed E-state index contributed by atoms with van der Waals surface area (Å²) in [4.78, 5) is 0. The van der Waals surface area contributed by atoms with Crippen LogP contribution in [0, 0.1) is 0 Å². The van der Waals surface area contributed by atoms with Crippen LogP contribution in [0.15, 0.2) is 6.33 Å². The zero-order valence-electron chi connectivity index (χ0n) is 6.40. The minimum absolute atomic E-state index is 0.439. The van der Waals surface area contributed by atoms with Gasteiger partial charge >= 0.3 is 0 Å². The molecule has 1 unspecified atom stereocenters. The Morgan fingerprint density at radius 3 is 3.45 bits per heavy atom. The molecule has 1 aromatic heterocycles. The van der Waals surface area contributed by atoms with Gasteiger partial charge in [-0.1, -0.05) is 0 Å². The Bertz CT molecular complexity index is 242. The van der Waals surface area contributed by atoms with Crippen LogP contribution in [0.5, 0.6) is 0 Å². The first-order valence-corrected chi connectivity index (χ1v) is 4.00. The molecule has 0 bridgehead atoms. The Kier molecular flexibility index (Phi) is 1.62.